The Bertz CT molecular complexity index is 792. The summed E-state index contributed by atoms with van der Waals surface area (Å²) < 4.78 is 11.6. The van der Waals surface area contributed by atoms with Gasteiger partial charge in [0.2, 0.25) is 0 Å². The second kappa shape index (κ2) is 13.7. The maximum absolute atomic E-state index is 12.9. The van der Waals surface area contributed by atoms with Crippen molar-refractivity contribution in [1.82, 2.24) is 15.5 Å². The van der Waals surface area contributed by atoms with Gasteiger partial charge in [-0.1, -0.05) is 23.7 Å². The summed E-state index contributed by atoms with van der Waals surface area (Å²) in [5.41, 5.74) is 7.19. The molecule has 0 aliphatic carbocycles. The third-order valence-electron chi connectivity index (χ3n) is 6.43. The highest BCUT2D eigenvalue weighted by molar-refractivity contribution is 6.30. The Morgan fingerprint density at radius 2 is 2.15 bits per heavy atom. The standard InChI is InChI=1S/C24H37ClN4O5/c25-20-7-1-5-18(13-20)22(34-11-8-27-24(31)32)19-6-2-9-29(15-19)23(30)28-14-21(26)12-17-4-3-10-33-16-17/h1,5,7,13,17,19,21-22,27H,2-4,6,8-12,14-16,26H2,(H,28,30)(H,31,32)/t17-,19-,21-,22?/m1/s1. The Morgan fingerprint density at radius 1 is 1.29 bits per heavy atom. The highest BCUT2D eigenvalue weighted by atomic mass is 35.5. The largest absolute Gasteiger partial charge is 0.465 e. The van der Waals surface area contributed by atoms with Crippen LogP contribution in [0.4, 0.5) is 9.59 Å². The van der Waals surface area contributed by atoms with Gasteiger partial charge in [-0.05, 0) is 55.7 Å². The van der Waals surface area contributed by atoms with Gasteiger partial charge in [0.25, 0.3) is 0 Å². The normalized spacial score (nSPS) is 22.6. The number of nitrogens with two attached hydrogens (primary N) is 1. The van der Waals surface area contributed by atoms with E-state index in [4.69, 9.17) is 31.9 Å². The smallest absolute Gasteiger partial charge is 0.404 e. The van der Waals surface area contributed by atoms with Crippen LogP contribution in [-0.4, -0.2) is 74.2 Å². The Kier molecular flexibility index (Phi) is 10.7. The molecule has 0 spiro atoms. The average Bonchev–Trinajstić information content (AvgIpc) is 2.83. The molecule has 2 fully saturated rings. The Morgan fingerprint density at radius 3 is 2.88 bits per heavy atom. The van der Waals surface area contributed by atoms with E-state index in [0.717, 1.165) is 50.9 Å². The molecule has 5 N–H and O–H groups in total. The highest BCUT2D eigenvalue weighted by Gasteiger charge is 2.31. The van der Waals surface area contributed by atoms with Crippen molar-refractivity contribution in [3.8, 4) is 0 Å². The highest BCUT2D eigenvalue weighted by Crippen LogP contribution is 2.34. The number of benzene rings is 1. The van der Waals surface area contributed by atoms with Crippen molar-refractivity contribution in [2.75, 3.05) is 46.0 Å². The van der Waals surface area contributed by atoms with E-state index < -0.39 is 6.09 Å². The van der Waals surface area contributed by atoms with E-state index in [9.17, 15) is 9.59 Å². The summed E-state index contributed by atoms with van der Waals surface area (Å²) in [6.45, 7) is 3.65. The molecule has 0 saturated carbocycles. The second-order valence-corrected chi connectivity index (χ2v) is 9.63. The summed E-state index contributed by atoms with van der Waals surface area (Å²) in [6.07, 6.45) is 3.42. The van der Waals surface area contributed by atoms with Gasteiger partial charge in [0.1, 0.15) is 0 Å². The SMILES string of the molecule is N[C@@H](CNC(=O)N1CCC[C@@H](C(OCCNC(=O)O)c2cccc(Cl)c2)C1)C[C@H]1CCCOC1. The van der Waals surface area contributed by atoms with Gasteiger partial charge in [0.05, 0.1) is 12.7 Å². The minimum absolute atomic E-state index is 0.0656. The van der Waals surface area contributed by atoms with Gasteiger partial charge in [0.15, 0.2) is 0 Å². The Hall–Kier alpha value is -2.07. The number of amides is 3. The number of carbonyl (C=O) groups is 2. The molecule has 3 rings (SSSR count). The third-order valence-corrected chi connectivity index (χ3v) is 6.67. The van der Waals surface area contributed by atoms with Crippen LogP contribution in [0.5, 0.6) is 0 Å². The first-order chi connectivity index (χ1) is 16.4. The molecule has 0 radical (unpaired) electrons. The van der Waals surface area contributed by atoms with Gasteiger partial charge < -0.3 is 35.8 Å². The fourth-order valence-electron chi connectivity index (χ4n) is 4.81. The zero-order valence-electron chi connectivity index (χ0n) is 19.6. The van der Waals surface area contributed by atoms with Crippen LogP contribution in [0.25, 0.3) is 0 Å². The number of nitrogens with one attached hydrogen (secondary N) is 2. The van der Waals surface area contributed by atoms with Crippen molar-refractivity contribution < 1.29 is 24.2 Å². The van der Waals surface area contributed by atoms with Crippen LogP contribution in [-0.2, 0) is 9.47 Å². The minimum atomic E-state index is -1.09. The summed E-state index contributed by atoms with van der Waals surface area (Å²) >= 11 is 6.21. The number of carboxylic acid groups (broad SMARTS) is 1. The van der Waals surface area contributed by atoms with Gasteiger partial charge in [0, 0.05) is 56.4 Å². The predicted molar refractivity (Wildman–Crippen MR) is 130 cm³/mol. The lowest BCUT2D eigenvalue weighted by molar-refractivity contribution is -0.00836. The molecule has 9 nitrogen and oxygen atoms in total. The molecule has 2 saturated heterocycles. The van der Waals surface area contributed by atoms with E-state index in [1.54, 1.807) is 6.07 Å². The summed E-state index contributed by atoms with van der Waals surface area (Å²) in [7, 11) is 0. The predicted octanol–water partition coefficient (Wildman–Crippen LogP) is 3.23. The molecule has 10 heteroatoms. The van der Waals surface area contributed by atoms with E-state index in [1.807, 2.05) is 23.1 Å². The molecule has 190 valence electrons. The molecule has 1 aromatic carbocycles. The van der Waals surface area contributed by atoms with E-state index in [0.29, 0.717) is 30.6 Å². The van der Waals surface area contributed by atoms with Crippen molar-refractivity contribution in [2.45, 2.75) is 44.2 Å². The van der Waals surface area contributed by atoms with E-state index >= 15 is 0 Å². The van der Waals surface area contributed by atoms with Crippen molar-refractivity contribution in [3.05, 3.63) is 34.9 Å². The molecule has 4 atom stereocenters. The van der Waals surface area contributed by atoms with E-state index in [-0.39, 0.29) is 37.2 Å². The number of likely N-dealkylation sites (tertiary alicyclic amines) is 1. The number of piperidine rings is 1. The summed E-state index contributed by atoms with van der Waals surface area (Å²) in [6, 6.07) is 7.28. The maximum Gasteiger partial charge on any atom is 0.404 e. The third kappa shape index (κ3) is 8.61. The van der Waals surface area contributed by atoms with E-state index in [1.165, 1.54) is 0 Å². The van der Waals surface area contributed by atoms with Crippen LogP contribution in [0, 0.1) is 11.8 Å². The topological polar surface area (TPSA) is 126 Å². The molecule has 2 aliphatic rings. The maximum atomic E-state index is 12.9. The molecule has 34 heavy (non-hydrogen) atoms. The van der Waals surface area contributed by atoms with Gasteiger partial charge >= 0.3 is 12.1 Å². The average molecular weight is 497 g/mol. The minimum Gasteiger partial charge on any atom is -0.465 e. The van der Waals surface area contributed by atoms with Crippen LogP contribution in [0.1, 0.15) is 43.8 Å². The molecule has 0 aromatic heterocycles. The van der Waals surface area contributed by atoms with Crippen LogP contribution in [0.3, 0.4) is 0 Å². The molecule has 3 amide bonds. The van der Waals surface area contributed by atoms with Crippen LogP contribution in [0.15, 0.2) is 24.3 Å². The molecule has 2 heterocycles. The van der Waals surface area contributed by atoms with Crippen molar-refractivity contribution in [1.29, 1.82) is 0 Å². The van der Waals surface area contributed by atoms with Gasteiger partial charge in [-0.3, -0.25) is 0 Å². The van der Waals surface area contributed by atoms with Crippen LogP contribution < -0.4 is 16.4 Å². The Labute approximate surface area is 206 Å². The number of carbonyl (C=O) groups excluding carboxylic acids is 1. The lowest BCUT2D eigenvalue weighted by Crippen LogP contribution is -2.49. The van der Waals surface area contributed by atoms with Gasteiger partial charge in [-0.15, -0.1) is 0 Å². The molecule has 0 bridgehead atoms. The lowest BCUT2D eigenvalue weighted by Gasteiger charge is -2.37. The van der Waals surface area contributed by atoms with Gasteiger partial charge in [-0.25, -0.2) is 9.59 Å². The quantitative estimate of drug-likeness (QED) is 0.368. The number of nitrogens with zero attached hydrogens (tertiary/aromatic N) is 1. The molecular weight excluding hydrogens is 460 g/mol. The number of hydrogen-bond acceptors (Lipinski definition) is 5. The number of rotatable bonds is 10. The fraction of sp³-hybridized carbons (Fsp3) is 0.667. The summed E-state index contributed by atoms with van der Waals surface area (Å²) in [5.74, 6) is 0.530. The zero-order valence-corrected chi connectivity index (χ0v) is 20.3. The van der Waals surface area contributed by atoms with Crippen LogP contribution >= 0.6 is 11.6 Å². The Balaban J connectivity index is 1.54. The first-order valence-corrected chi connectivity index (χ1v) is 12.5. The van der Waals surface area contributed by atoms with E-state index in [2.05, 4.69) is 10.6 Å². The van der Waals surface area contributed by atoms with Crippen molar-refractivity contribution in [3.63, 3.8) is 0 Å². The van der Waals surface area contributed by atoms with Crippen LogP contribution in [0.2, 0.25) is 5.02 Å². The summed E-state index contributed by atoms with van der Waals surface area (Å²) in [4.78, 5) is 25.5. The summed E-state index contributed by atoms with van der Waals surface area (Å²) in [5, 5.41) is 14.7. The zero-order chi connectivity index (χ0) is 24.3. The van der Waals surface area contributed by atoms with Crippen molar-refractivity contribution in [2.24, 2.45) is 17.6 Å². The first kappa shape index (κ1) is 26.5. The number of hydrogen-bond donors (Lipinski definition) is 4. The fourth-order valence-corrected chi connectivity index (χ4v) is 5.01. The molecule has 1 unspecified atom stereocenters. The lowest BCUT2D eigenvalue weighted by atomic mass is 9.88. The van der Waals surface area contributed by atoms with Gasteiger partial charge in [-0.2, -0.15) is 0 Å². The molecule has 2 aliphatic heterocycles. The number of halogens is 1. The second-order valence-electron chi connectivity index (χ2n) is 9.19. The number of ether oxygens (including phenoxy) is 2. The monoisotopic (exact) mass is 496 g/mol. The van der Waals surface area contributed by atoms with Crippen molar-refractivity contribution >= 4 is 23.7 Å². The number of urea groups is 1. The molecular formula is C24H37ClN4O5. The molecule has 1 aromatic rings. The first-order valence-electron chi connectivity index (χ1n) is 12.1.